The summed E-state index contributed by atoms with van der Waals surface area (Å²) in [7, 11) is -0.330. The zero-order valence-corrected chi connectivity index (χ0v) is 21.5. The molecule has 36 heavy (non-hydrogen) atoms. The standard InChI is InChI=1S/C32H32BNO2/c1-5-22-32(4)31(2,3)35-33(36-32)25-18-14-23(15-19-25)24-16-20-26(21-17-24)34-29-12-8-6-10-27(29)28-11-7-9-13-30(28)34/h6-21H,5,22H2,1-4H3. The zero-order chi connectivity index (χ0) is 24.9. The second kappa shape index (κ2) is 8.65. The van der Waals surface area contributed by atoms with Crippen LogP contribution in [0.4, 0.5) is 0 Å². The molecule has 6 rings (SSSR count). The Balaban J connectivity index is 1.29. The van der Waals surface area contributed by atoms with Gasteiger partial charge < -0.3 is 13.9 Å². The summed E-state index contributed by atoms with van der Waals surface area (Å²) >= 11 is 0. The first kappa shape index (κ1) is 23.1. The average molecular weight is 473 g/mol. The van der Waals surface area contributed by atoms with E-state index in [0.717, 1.165) is 24.0 Å². The first-order valence-electron chi connectivity index (χ1n) is 12.9. The molecule has 0 amide bonds. The van der Waals surface area contributed by atoms with Crippen molar-refractivity contribution < 1.29 is 9.31 Å². The van der Waals surface area contributed by atoms with Crippen LogP contribution in [0.3, 0.4) is 0 Å². The molecule has 0 bridgehead atoms. The molecule has 1 aromatic heterocycles. The van der Waals surface area contributed by atoms with Gasteiger partial charge in [0.05, 0.1) is 22.2 Å². The molecule has 0 radical (unpaired) electrons. The van der Waals surface area contributed by atoms with E-state index in [4.69, 9.17) is 9.31 Å². The highest BCUT2D eigenvalue weighted by Gasteiger charge is 2.53. The third kappa shape index (κ3) is 3.68. The summed E-state index contributed by atoms with van der Waals surface area (Å²) < 4.78 is 15.1. The van der Waals surface area contributed by atoms with Crippen LogP contribution in [0, 0.1) is 0 Å². The van der Waals surface area contributed by atoms with Gasteiger partial charge in [0.25, 0.3) is 0 Å². The number of rotatable bonds is 5. The van der Waals surface area contributed by atoms with Crippen molar-refractivity contribution >= 4 is 34.4 Å². The summed E-state index contributed by atoms with van der Waals surface area (Å²) in [6.45, 7) is 8.63. The van der Waals surface area contributed by atoms with Gasteiger partial charge in [0.2, 0.25) is 0 Å². The lowest BCUT2D eigenvalue weighted by Crippen LogP contribution is -2.44. The van der Waals surface area contributed by atoms with Gasteiger partial charge in [-0.15, -0.1) is 0 Å². The van der Waals surface area contributed by atoms with Gasteiger partial charge in [0, 0.05) is 16.5 Å². The van der Waals surface area contributed by atoms with Crippen molar-refractivity contribution in [3.63, 3.8) is 0 Å². The molecule has 1 saturated heterocycles. The Morgan fingerprint density at radius 2 is 1.19 bits per heavy atom. The molecular formula is C32H32BNO2. The number of para-hydroxylation sites is 2. The SMILES string of the molecule is CCCC1(C)OB(c2ccc(-c3ccc(-n4c5ccccc5c5ccccc54)cc3)cc2)OC1(C)C. The van der Waals surface area contributed by atoms with E-state index in [1.807, 2.05) is 0 Å². The normalized spacial score (nSPS) is 19.4. The molecular weight excluding hydrogens is 441 g/mol. The largest absolute Gasteiger partial charge is 0.494 e. The predicted octanol–water partition coefficient (Wildman–Crippen LogP) is 7.53. The van der Waals surface area contributed by atoms with Crippen LogP contribution in [0.1, 0.15) is 40.5 Å². The Kier molecular flexibility index (Phi) is 5.55. The van der Waals surface area contributed by atoms with Crippen LogP contribution in [0.2, 0.25) is 0 Å². The first-order chi connectivity index (χ1) is 17.4. The summed E-state index contributed by atoms with van der Waals surface area (Å²) in [5.41, 5.74) is 6.45. The number of nitrogens with zero attached hydrogens (tertiary/aromatic N) is 1. The molecule has 2 heterocycles. The summed E-state index contributed by atoms with van der Waals surface area (Å²) in [5.74, 6) is 0. The second-order valence-electron chi connectivity index (χ2n) is 10.6. The average Bonchev–Trinajstić information content (AvgIpc) is 3.35. The number of hydrogen-bond acceptors (Lipinski definition) is 2. The van der Waals surface area contributed by atoms with Gasteiger partial charge in [-0.3, -0.25) is 0 Å². The van der Waals surface area contributed by atoms with Gasteiger partial charge in [-0.2, -0.15) is 0 Å². The van der Waals surface area contributed by atoms with Crippen molar-refractivity contribution in [1.82, 2.24) is 4.57 Å². The predicted molar refractivity (Wildman–Crippen MR) is 151 cm³/mol. The number of aromatic nitrogens is 1. The minimum atomic E-state index is -0.330. The number of hydrogen-bond donors (Lipinski definition) is 0. The van der Waals surface area contributed by atoms with Crippen LogP contribution in [0.15, 0.2) is 97.1 Å². The summed E-state index contributed by atoms with van der Waals surface area (Å²) in [5, 5.41) is 2.56. The minimum absolute atomic E-state index is 0.284. The third-order valence-corrected chi connectivity index (χ3v) is 7.99. The minimum Gasteiger partial charge on any atom is -0.399 e. The Bertz CT molecular complexity index is 1480. The van der Waals surface area contributed by atoms with Gasteiger partial charge in [0.1, 0.15) is 0 Å². The topological polar surface area (TPSA) is 23.4 Å². The van der Waals surface area contributed by atoms with Crippen molar-refractivity contribution in [2.75, 3.05) is 0 Å². The molecule has 1 aliphatic heterocycles. The van der Waals surface area contributed by atoms with E-state index in [-0.39, 0.29) is 18.3 Å². The fraction of sp³-hybridized carbons (Fsp3) is 0.250. The van der Waals surface area contributed by atoms with Crippen LogP contribution in [-0.4, -0.2) is 22.9 Å². The molecule has 1 aliphatic rings. The molecule has 0 N–H and O–H groups in total. The van der Waals surface area contributed by atoms with Crippen molar-refractivity contribution in [1.29, 1.82) is 0 Å². The zero-order valence-electron chi connectivity index (χ0n) is 21.5. The Labute approximate surface area is 213 Å². The highest BCUT2D eigenvalue weighted by atomic mass is 16.7. The van der Waals surface area contributed by atoms with Gasteiger partial charge in [0.15, 0.2) is 0 Å². The molecule has 5 aromatic rings. The number of fused-ring (bicyclic) bond motifs is 3. The van der Waals surface area contributed by atoms with E-state index in [0.29, 0.717) is 0 Å². The van der Waals surface area contributed by atoms with Gasteiger partial charge in [-0.25, -0.2) is 0 Å². The van der Waals surface area contributed by atoms with Crippen molar-refractivity contribution in [3.05, 3.63) is 97.1 Å². The lowest BCUT2D eigenvalue weighted by Gasteiger charge is -2.36. The molecule has 1 fully saturated rings. The first-order valence-corrected chi connectivity index (χ1v) is 12.9. The quantitative estimate of drug-likeness (QED) is 0.246. The summed E-state index contributed by atoms with van der Waals surface area (Å²) in [6.07, 6.45) is 2.05. The molecule has 0 aliphatic carbocycles. The molecule has 0 spiro atoms. The van der Waals surface area contributed by atoms with E-state index in [2.05, 4.69) is 129 Å². The van der Waals surface area contributed by atoms with Crippen molar-refractivity contribution in [2.24, 2.45) is 0 Å². The third-order valence-electron chi connectivity index (χ3n) is 7.99. The van der Waals surface area contributed by atoms with Gasteiger partial charge in [-0.05, 0) is 68.0 Å². The van der Waals surface area contributed by atoms with Gasteiger partial charge >= 0.3 is 7.12 Å². The van der Waals surface area contributed by atoms with Gasteiger partial charge in [-0.1, -0.05) is 86.1 Å². The Morgan fingerprint density at radius 1 is 0.667 bits per heavy atom. The van der Waals surface area contributed by atoms with Crippen LogP contribution in [0.5, 0.6) is 0 Å². The van der Waals surface area contributed by atoms with Crippen molar-refractivity contribution in [3.8, 4) is 16.8 Å². The van der Waals surface area contributed by atoms with E-state index >= 15 is 0 Å². The van der Waals surface area contributed by atoms with E-state index in [1.54, 1.807) is 0 Å². The lowest BCUT2D eigenvalue weighted by atomic mass is 9.78. The maximum Gasteiger partial charge on any atom is 0.494 e. The van der Waals surface area contributed by atoms with Crippen LogP contribution >= 0.6 is 0 Å². The van der Waals surface area contributed by atoms with Crippen LogP contribution < -0.4 is 5.46 Å². The number of benzene rings is 4. The van der Waals surface area contributed by atoms with Crippen LogP contribution in [0.25, 0.3) is 38.6 Å². The molecule has 4 heteroatoms. The Morgan fingerprint density at radius 3 is 1.75 bits per heavy atom. The van der Waals surface area contributed by atoms with E-state index in [1.165, 1.54) is 32.9 Å². The monoisotopic (exact) mass is 473 g/mol. The fourth-order valence-electron chi connectivity index (χ4n) is 5.60. The second-order valence-corrected chi connectivity index (χ2v) is 10.6. The molecule has 180 valence electrons. The molecule has 4 aromatic carbocycles. The Hall–Kier alpha value is -3.34. The smallest absolute Gasteiger partial charge is 0.399 e. The molecule has 1 unspecified atom stereocenters. The molecule has 0 saturated carbocycles. The van der Waals surface area contributed by atoms with Crippen LogP contribution in [-0.2, 0) is 9.31 Å². The van der Waals surface area contributed by atoms with E-state index < -0.39 is 0 Å². The maximum absolute atomic E-state index is 6.44. The van der Waals surface area contributed by atoms with E-state index in [9.17, 15) is 0 Å². The fourth-order valence-corrected chi connectivity index (χ4v) is 5.60. The highest BCUT2D eigenvalue weighted by molar-refractivity contribution is 6.62. The molecule has 3 nitrogen and oxygen atoms in total. The summed E-state index contributed by atoms with van der Waals surface area (Å²) in [6, 6.07) is 34.7. The molecule has 1 atom stereocenters. The maximum atomic E-state index is 6.44. The van der Waals surface area contributed by atoms with Crippen molar-refractivity contribution in [2.45, 2.75) is 51.7 Å². The summed E-state index contributed by atoms with van der Waals surface area (Å²) in [4.78, 5) is 0. The lowest BCUT2D eigenvalue weighted by molar-refractivity contribution is -0.0159. The highest BCUT2D eigenvalue weighted by Crippen LogP contribution is 2.40.